The van der Waals surface area contributed by atoms with Crippen LogP contribution < -0.4 is 26.6 Å². The standard InChI is InChI=1S/C22H15N5O5/c1-26-14-7-3-2-6-11(14)18(28)16(22(26)32)17-12(20(30)25-24-17)10-13-19(29)23-15-8-4-5-9-27(15)21(13)31/h2-10,24,29H,1H3,(H,25,30)/b12-10-,17-16+. The van der Waals surface area contributed by atoms with Gasteiger partial charge in [-0.3, -0.25) is 33.8 Å². The maximum absolute atomic E-state index is 13.1. The van der Waals surface area contributed by atoms with Crippen molar-refractivity contribution in [3.8, 4) is 5.88 Å². The fraction of sp³-hybridized carbons (Fsp3) is 0.0455. The van der Waals surface area contributed by atoms with E-state index >= 15 is 0 Å². The lowest BCUT2D eigenvalue weighted by Gasteiger charge is -2.25. The first-order valence-electron chi connectivity index (χ1n) is 9.53. The second-order valence-electron chi connectivity index (χ2n) is 7.18. The number of rotatable bonds is 1. The maximum Gasteiger partial charge on any atom is 0.271 e. The van der Waals surface area contributed by atoms with E-state index in [1.165, 1.54) is 22.5 Å². The Bertz CT molecular complexity index is 1690. The maximum atomic E-state index is 13.1. The van der Waals surface area contributed by atoms with Gasteiger partial charge in [-0.05, 0) is 30.3 Å². The molecule has 0 saturated carbocycles. The summed E-state index contributed by atoms with van der Waals surface area (Å²) in [5.74, 6) is -1.76. The Morgan fingerprint density at radius 3 is 2.56 bits per heavy atom. The number of para-hydroxylation sites is 1. The van der Waals surface area contributed by atoms with E-state index in [1.54, 1.807) is 42.5 Å². The fourth-order valence-corrected chi connectivity index (χ4v) is 3.75. The number of carbonyl (C=O) groups excluding carboxylic acids is 2. The number of nitrogens with zero attached hydrogens (tertiary/aromatic N) is 3. The van der Waals surface area contributed by atoms with Crippen molar-refractivity contribution in [2.75, 3.05) is 11.9 Å². The summed E-state index contributed by atoms with van der Waals surface area (Å²) >= 11 is 0. The molecule has 1 aliphatic heterocycles. The number of benzene rings is 1. The highest BCUT2D eigenvalue weighted by molar-refractivity contribution is 6.51. The molecule has 1 aromatic carbocycles. The lowest BCUT2D eigenvalue weighted by molar-refractivity contribution is -0.113. The predicted molar refractivity (Wildman–Crippen MR) is 115 cm³/mol. The minimum Gasteiger partial charge on any atom is -0.493 e. The highest BCUT2D eigenvalue weighted by Crippen LogP contribution is 2.28. The van der Waals surface area contributed by atoms with Crippen LogP contribution in [0.15, 0.2) is 58.3 Å². The first-order valence-corrected chi connectivity index (χ1v) is 9.53. The summed E-state index contributed by atoms with van der Waals surface area (Å²) in [6, 6.07) is 11.4. The minimum atomic E-state index is -0.674. The number of aromatic nitrogens is 4. The zero-order valence-electron chi connectivity index (χ0n) is 16.6. The van der Waals surface area contributed by atoms with Gasteiger partial charge in [0.25, 0.3) is 17.0 Å². The van der Waals surface area contributed by atoms with Crippen molar-refractivity contribution in [3.05, 3.63) is 91.1 Å². The number of aromatic amines is 2. The molecule has 0 unspecified atom stereocenters. The molecule has 158 valence electrons. The SMILES string of the molecule is CN1C(=O)/C(=c2/[nH][nH]c(=O)/c2=C\c2c(O)nc3ccccn3c2=O)C(=O)c2ccccc21. The summed E-state index contributed by atoms with van der Waals surface area (Å²) in [5.41, 5.74) is -0.841. The van der Waals surface area contributed by atoms with Crippen molar-refractivity contribution >= 4 is 34.7 Å². The number of hydrogen-bond acceptors (Lipinski definition) is 6. The van der Waals surface area contributed by atoms with E-state index in [9.17, 15) is 24.3 Å². The van der Waals surface area contributed by atoms with Crippen LogP contribution in [0.25, 0.3) is 17.3 Å². The Kier molecular flexibility index (Phi) is 4.16. The molecular formula is C22H15N5O5. The van der Waals surface area contributed by atoms with Gasteiger partial charge in [0.2, 0.25) is 11.7 Å². The molecule has 0 spiro atoms. The van der Waals surface area contributed by atoms with Crippen LogP contribution in [0, 0.1) is 0 Å². The zero-order chi connectivity index (χ0) is 22.6. The average molecular weight is 429 g/mol. The van der Waals surface area contributed by atoms with Crippen molar-refractivity contribution in [2.24, 2.45) is 0 Å². The van der Waals surface area contributed by atoms with Crippen LogP contribution in [-0.2, 0) is 4.79 Å². The second-order valence-corrected chi connectivity index (χ2v) is 7.18. The number of fused-ring (bicyclic) bond motifs is 2. The quantitative estimate of drug-likeness (QED) is 0.364. The van der Waals surface area contributed by atoms with Crippen LogP contribution in [0.4, 0.5) is 5.69 Å². The smallest absolute Gasteiger partial charge is 0.271 e. The Balaban J connectivity index is 1.86. The lowest BCUT2D eigenvalue weighted by Crippen LogP contribution is -2.44. The minimum absolute atomic E-state index is 0.0803. The van der Waals surface area contributed by atoms with Crippen molar-refractivity contribution < 1.29 is 14.7 Å². The number of carbonyl (C=O) groups is 2. The summed E-state index contributed by atoms with van der Waals surface area (Å²) in [6.07, 6.45) is 2.58. The number of ketones is 1. The van der Waals surface area contributed by atoms with Crippen molar-refractivity contribution in [2.45, 2.75) is 0 Å². The molecule has 10 nitrogen and oxygen atoms in total. The molecule has 3 N–H and O–H groups in total. The number of pyridine rings is 1. The van der Waals surface area contributed by atoms with Crippen LogP contribution in [-0.4, -0.2) is 43.4 Å². The van der Waals surface area contributed by atoms with Gasteiger partial charge in [-0.15, -0.1) is 0 Å². The molecule has 0 radical (unpaired) electrons. The van der Waals surface area contributed by atoms with Gasteiger partial charge in [0.15, 0.2) is 0 Å². The number of anilines is 1. The molecule has 4 heterocycles. The normalized spacial score (nSPS) is 16.0. The number of aromatic hydroxyl groups is 1. The highest BCUT2D eigenvalue weighted by Gasteiger charge is 2.33. The van der Waals surface area contributed by atoms with Gasteiger partial charge in [-0.1, -0.05) is 18.2 Å². The third-order valence-electron chi connectivity index (χ3n) is 5.36. The van der Waals surface area contributed by atoms with Crippen molar-refractivity contribution in [3.63, 3.8) is 0 Å². The van der Waals surface area contributed by atoms with Crippen LogP contribution in [0.1, 0.15) is 15.9 Å². The second kappa shape index (κ2) is 6.91. The molecular weight excluding hydrogens is 414 g/mol. The van der Waals surface area contributed by atoms with E-state index < -0.39 is 28.7 Å². The van der Waals surface area contributed by atoms with E-state index in [4.69, 9.17) is 0 Å². The topological polar surface area (TPSA) is 141 Å². The van der Waals surface area contributed by atoms with Gasteiger partial charge >= 0.3 is 0 Å². The molecule has 0 fully saturated rings. The Hall–Kier alpha value is -4.73. The summed E-state index contributed by atoms with van der Waals surface area (Å²) in [6.45, 7) is 0. The van der Waals surface area contributed by atoms with Gasteiger partial charge < -0.3 is 10.0 Å². The molecule has 0 bridgehead atoms. The summed E-state index contributed by atoms with van der Waals surface area (Å²) in [5, 5.41) is 15.0. The fourth-order valence-electron chi connectivity index (χ4n) is 3.75. The zero-order valence-corrected chi connectivity index (χ0v) is 16.6. The van der Waals surface area contributed by atoms with Crippen LogP contribution in [0.2, 0.25) is 0 Å². The summed E-state index contributed by atoms with van der Waals surface area (Å²) in [4.78, 5) is 56.8. The third-order valence-corrected chi connectivity index (χ3v) is 5.36. The van der Waals surface area contributed by atoms with Gasteiger partial charge in [0.1, 0.15) is 16.8 Å². The average Bonchev–Trinajstić information content (AvgIpc) is 3.15. The molecule has 5 rings (SSSR count). The third kappa shape index (κ3) is 2.70. The first kappa shape index (κ1) is 19.2. The monoisotopic (exact) mass is 429 g/mol. The van der Waals surface area contributed by atoms with E-state index in [-0.39, 0.29) is 27.4 Å². The van der Waals surface area contributed by atoms with Gasteiger partial charge in [0.05, 0.1) is 16.3 Å². The Morgan fingerprint density at radius 2 is 1.75 bits per heavy atom. The number of H-pyrrole nitrogens is 2. The molecule has 4 aromatic rings. The van der Waals surface area contributed by atoms with Gasteiger partial charge in [-0.2, -0.15) is 4.98 Å². The summed E-state index contributed by atoms with van der Waals surface area (Å²) < 4.78 is 1.21. The summed E-state index contributed by atoms with van der Waals surface area (Å²) in [7, 11) is 1.52. The number of hydrogen-bond donors (Lipinski definition) is 3. The predicted octanol–water partition coefficient (Wildman–Crippen LogP) is -0.745. The van der Waals surface area contributed by atoms with Gasteiger partial charge in [-0.25, -0.2) is 0 Å². The van der Waals surface area contributed by atoms with Crippen molar-refractivity contribution in [1.29, 1.82) is 0 Å². The molecule has 0 aliphatic carbocycles. The van der Waals surface area contributed by atoms with E-state index in [0.29, 0.717) is 11.3 Å². The van der Waals surface area contributed by atoms with Crippen LogP contribution >= 0.6 is 0 Å². The molecule has 10 heteroatoms. The number of nitrogens with one attached hydrogen (secondary N) is 2. The molecule has 0 saturated heterocycles. The van der Waals surface area contributed by atoms with Crippen LogP contribution in [0.5, 0.6) is 5.88 Å². The molecule has 3 aromatic heterocycles. The Morgan fingerprint density at radius 1 is 1.00 bits per heavy atom. The lowest BCUT2D eigenvalue weighted by atomic mass is 9.95. The van der Waals surface area contributed by atoms with Crippen molar-refractivity contribution in [1.82, 2.24) is 19.6 Å². The largest absolute Gasteiger partial charge is 0.493 e. The molecule has 32 heavy (non-hydrogen) atoms. The van der Waals surface area contributed by atoms with E-state index in [1.807, 2.05) is 0 Å². The van der Waals surface area contributed by atoms with E-state index in [2.05, 4.69) is 15.2 Å². The van der Waals surface area contributed by atoms with Gasteiger partial charge in [0, 0.05) is 18.8 Å². The molecule has 0 atom stereocenters. The number of Topliss-reactive ketones (excluding diaryl/α,β-unsaturated/α-hetero) is 1. The molecule has 1 amide bonds. The first-order chi connectivity index (χ1) is 15.4. The molecule has 1 aliphatic rings. The van der Waals surface area contributed by atoms with E-state index in [0.717, 1.165) is 6.08 Å². The van der Waals surface area contributed by atoms with Crippen LogP contribution in [0.3, 0.4) is 0 Å². The highest BCUT2D eigenvalue weighted by atomic mass is 16.3. The number of amides is 1. The Labute approximate surface area is 178 Å².